The van der Waals surface area contributed by atoms with Gasteiger partial charge in [0.25, 0.3) is 11.5 Å². The van der Waals surface area contributed by atoms with Gasteiger partial charge in [-0.15, -0.1) is 0 Å². The lowest BCUT2D eigenvalue weighted by Crippen LogP contribution is -2.37. The van der Waals surface area contributed by atoms with Gasteiger partial charge in [-0.1, -0.05) is 0 Å². The molecule has 0 spiro atoms. The fraction of sp³-hybridized carbons (Fsp3) is 0.316. The fourth-order valence-electron chi connectivity index (χ4n) is 3.55. The smallest absolute Gasteiger partial charge is 0.332 e. The molecule has 1 amide bonds. The maximum Gasteiger partial charge on any atom is 0.332 e. The van der Waals surface area contributed by atoms with Gasteiger partial charge in [0.05, 0.1) is 10.9 Å². The molecule has 3 aromatic rings. The normalized spacial score (nSPS) is 16.8. The summed E-state index contributed by atoms with van der Waals surface area (Å²) in [6, 6.07) is 7.02. The summed E-state index contributed by atoms with van der Waals surface area (Å²) in [5.41, 5.74) is 0.962. The predicted octanol–water partition coefficient (Wildman–Crippen LogP) is 0.657. The van der Waals surface area contributed by atoms with Gasteiger partial charge in [0.1, 0.15) is 5.65 Å². The average molecular weight is 365 g/mol. The Morgan fingerprint density at radius 1 is 1.15 bits per heavy atom. The summed E-state index contributed by atoms with van der Waals surface area (Å²) in [4.78, 5) is 47.4. The molecular formula is C19H19N5O3. The van der Waals surface area contributed by atoms with Gasteiger partial charge in [0.2, 0.25) is 0 Å². The van der Waals surface area contributed by atoms with Crippen LogP contribution in [0.4, 0.5) is 0 Å². The molecule has 1 aliphatic rings. The fourth-order valence-corrected chi connectivity index (χ4v) is 3.55. The van der Waals surface area contributed by atoms with E-state index in [1.165, 1.54) is 11.6 Å². The van der Waals surface area contributed by atoms with Crippen molar-refractivity contribution in [2.45, 2.75) is 12.3 Å². The van der Waals surface area contributed by atoms with Crippen LogP contribution in [0.5, 0.6) is 0 Å². The topological polar surface area (TPSA) is 90.1 Å². The predicted molar refractivity (Wildman–Crippen MR) is 99.7 cm³/mol. The van der Waals surface area contributed by atoms with E-state index >= 15 is 0 Å². The summed E-state index contributed by atoms with van der Waals surface area (Å²) >= 11 is 0. The highest BCUT2D eigenvalue weighted by Gasteiger charge is 2.29. The first-order chi connectivity index (χ1) is 13.0. The minimum absolute atomic E-state index is 0.0485. The highest BCUT2D eigenvalue weighted by atomic mass is 16.2. The zero-order chi connectivity index (χ0) is 19.1. The number of carbonyl (C=O) groups excluding carboxylic acids is 1. The molecule has 4 rings (SSSR count). The van der Waals surface area contributed by atoms with Crippen molar-refractivity contribution in [1.29, 1.82) is 0 Å². The van der Waals surface area contributed by atoms with E-state index in [0.29, 0.717) is 29.7 Å². The van der Waals surface area contributed by atoms with Gasteiger partial charge in [0.15, 0.2) is 0 Å². The molecule has 8 heteroatoms. The molecule has 1 fully saturated rings. The number of rotatable bonds is 2. The second kappa shape index (κ2) is 6.46. The van der Waals surface area contributed by atoms with Crippen molar-refractivity contribution in [1.82, 2.24) is 24.0 Å². The number of nitrogens with zero attached hydrogens (tertiary/aromatic N) is 5. The van der Waals surface area contributed by atoms with Gasteiger partial charge in [-0.05, 0) is 30.7 Å². The maximum absolute atomic E-state index is 12.6. The Kier molecular flexibility index (Phi) is 4.10. The molecule has 138 valence electrons. The molecule has 0 saturated carbocycles. The number of aromatic nitrogens is 4. The van der Waals surface area contributed by atoms with E-state index in [4.69, 9.17) is 0 Å². The van der Waals surface area contributed by atoms with Crippen LogP contribution in [-0.4, -0.2) is 43.0 Å². The lowest BCUT2D eigenvalue weighted by atomic mass is 10.0. The van der Waals surface area contributed by atoms with E-state index < -0.39 is 5.69 Å². The van der Waals surface area contributed by atoms with Crippen molar-refractivity contribution in [3.8, 4) is 0 Å². The summed E-state index contributed by atoms with van der Waals surface area (Å²) in [5.74, 6) is 0.0156. The van der Waals surface area contributed by atoms with Crippen molar-refractivity contribution in [3.05, 3.63) is 68.8 Å². The number of hydrogen-bond donors (Lipinski definition) is 0. The number of hydrogen-bond acceptors (Lipinski definition) is 5. The summed E-state index contributed by atoms with van der Waals surface area (Å²) in [7, 11) is 3.06. The first kappa shape index (κ1) is 17.1. The largest absolute Gasteiger partial charge is 0.338 e. The molecule has 0 bridgehead atoms. The Hall–Kier alpha value is -3.29. The lowest BCUT2D eigenvalue weighted by molar-refractivity contribution is 0.0790. The van der Waals surface area contributed by atoms with Crippen molar-refractivity contribution in [3.63, 3.8) is 0 Å². The minimum atomic E-state index is -0.406. The van der Waals surface area contributed by atoms with Crippen LogP contribution in [0.2, 0.25) is 0 Å². The highest BCUT2D eigenvalue weighted by molar-refractivity contribution is 5.94. The van der Waals surface area contributed by atoms with Crippen molar-refractivity contribution in [2.75, 3.05) is 13.1 Å². The van der Waals surface area contributed by atoms with Gasteiger partial charge >= 0.3 is 5.69 Å². The number of fused-ring (bicyclic) bond motifs is 1. The van der Waals surface area contributed by atoms with Gasteiger partial charge in [-0.2, -0.15) is 0 Å². The third kappa shape index (κ3) is 2.83. The van der Waals surface area contributed by atoms with E-state index in [-0.39, 0.29) is 17.4 Å². The second-order valence-electron chi connectivity index (χ2n) is 6.79. The standard InChI is InChI=1S/C19H19N5O3/c1-22-16-14(18(26)23(2)19(22)27)5-6-15(21-16)13-7-9-24(11-13)17(25)12-4-3-8-20-10-12/h3-6,8,10,13H,7,9,11H2,1-2H3/t13-/m1/s1. The third-order valence-electron chi connectivity index (χ3n) is 5.13. The number of pyridine rings is 2. The molecular weight excluding hydrogens is 346 g/mol. The summed E-state index contributed by atoms with van der Waals surface area (Å²) < 4.78 is 2.46. The number of aryl methyl sites for hydroxylation is 1. The molecule has 0 radical (unpaired) electrons. The number of carbonyl (C=O) groups is 1. The molecule has 8 nitrogen and oxygen atoms in total. The molecule has 0 aromatic carbocycles. The Bertz CT molecular complexity index is 1150. The quantitative estimate of drug-likeness (QED) is 0.665. The van der Waals surface area contributed by atoms with Crippen LogP contribution in [0.3, 0.4) is 0 Å². The number of likely N-dealkylation sites (tertiary alicyclic amines) is 1. The van der Waals surface area contributed by atoms with Crippen LogP contribution in [0.25, 0.3) is 11.0 Å². The van der Waals surface area contributed by atoms with E-state index in [1.54, 1.807) is 42.5 Å². The second-order valence-corrected chi connectivity index (χ2v) is 6.79. The Balaban J connectivity index is 1.65. The Labute approximate surface area is 154 Å². The molecule has 0 N–H and O–H groups in total. The molecule has 27 heavy (non-hydrogen) atoms. The van der Waals surface area contributed by atoms with Gasteiger partial charge in [-0.3, -0.25) is 23.7 Å². The molecule has 4 heterocycles. The van der Waals surface area contributed by atoms with Crippen LogP contribution in [0, 0.1) is 0 Å². The zero-order valence-electron chi connectivity index (χ0n) is 15.1. The first-order valence-corrected chi connectivity index (χ1v) is 8.73. The van der Waals surface area contributed by atoms with Crippen LogP contribution in [-0.2, 0) is 14.1 Å². The molecule has 3 aromatic heterocycles. The van der Waals surface area contributed by atoms with Crippen molar-refractivity contribution >= 4 is 16.9 Å². The average Bonchev–Trinajstić information content (AvgIpc) is 3.20. The van der Waals surface area contributed by atoms with Gasteiger partial charge < -0.3 is 4.90 Å². The van der Waals surface area contributed by atoms with Gasteiger partial charge in [-0.25, -0.2) is 9.78 Å². The Morgan fingerprint density at radius 3 is 2.70 bits per heavy atom. The monoisotopic (exact) mass is 365 g/mol. The number of amides is 1. The SMILES string of the molecule is Cn1c(=O)c2ccc([C@@H]3CCN(C(=O)c4cccnc4)C3)nc2n(C)c1=O. The molecule has 0 unspecified atom stereocenters. The van der Waals surface area contributed by atoms with Crippen LogP contribution in [0.1, 0.15) is 28.4 Å². The molecule has 1 saturated heterocycles. The van der Waals surface area contributed by atoms with E-state index in [2.05, 4.69) is 9.97 Å². The summed E-state index contributed by atoms with van der Waals surface area (Å²) in [6.45, 7) is 1.18. The van der Waals surface area contributed by atoms with E-state index in [9.17, 15) is 14.4 Å². The molecule has 1 aliphatic heterocycles. The zero-order valence-corrected chi connectivity index (χ0v) is 15.1. The third-order valence-corrected chi connectivity index (χ3v) is 5.13. The van der Waals surface area contributed by atoms with E-state index in [0.717, 1.165) is 16.7 Å². The first-order valence-electron chi connectivity index (χ1n) is 8.73. The van der Waals surface area contributed by atoms with Crippen LogP contribution in [0.15, 0.2) is 46.2 Å². The van der Waals surface area contributed by atoms with Crippen LogP contribution >= 0.6 is 0 Å². The van der Waals surface area contributed by atoms with Crippen molar-refractivity contribution in [2.24, 2.45) is 14.1 Å². The summed E-state index contributed by atoms with van der Waals surface area (Å²) in [6.07, 6.45) is 3.98. The highest BCUT2D eigenvalue weighted by Crippen LogP contribution is 2.27. The molecule has 0 aliphatic carbocycles. The Morgan fingerprint density at radius 2 is 1.96 bits per heavy atom. The lowest BCUT2D eigenvalue weighted by Gasteiger charge is -2.16. The van der Waals surface area contributed by atoms with Crippen LogP contribution < -0.4 is 11.2 Å². The minimum Gasteiger partial charge on any atom is -0.338 e. The summed E-state index contributed by atoms with van der Waals surface area (Å²) in [5, 5.41) is 0.407. The van der Waals surface area contributed by atoms with E-state index in [1.807, 2.05) is 6.07 Å². The van der Waals surface area contributed by atoms with Crippen molar-refractivity contribution < 1.29 is 4.79 Å². The maximum atomic E-state index is 12.6. The van der Waals surface area contributed by atoms with Gasteiger partial charge in [0, 0.05) is 51.2 Å². The molecule has 1 atom stereocenters.